The van der Waals surface area contributed by atoms with Gasteiger partial charge in [-0.2, -0.15) is 0 Å². The second-order valence-corrected chi connectivity index (χ2v) is 4.67. The van der Waals surface area contributed by atoms with Crippen molar-refractivity contribution in [3.05, 3.63) is 18.2 Å². The normalized spacial score (nSPS) is 18.9. The largest absolute Gasteiger partial charge is 0.381 e. The molecule has 1 fully saturated rings. The topological polar surface area (TPSA) is 56.2 Å². The number of halogens is 1. The molecule has 2 heterocycles. The number of hydrogen-bond acceptors (Lipinski definition) is 3. The van der Waals surface area contributed by atoms with Crippen LogP contribution in [0.1, 0.15) is 23.3 Å². The van der Waals surface area contributed by atoms with E-state index in [1.54, 1.807) is 17.1 Å². The van der Waals surface area contributed by atoms with Crippen LogP contribution in [-0.4, -0.2) is 40.1 Å². The molecule has 0 aromatic carbocycles. The van der Waals surface area contributed by atoms with Crippen molar-refractivity contribution in [3.63, 3.8) is 0 Å². The molecule has 0 bridgehead atoms. The lowest BCUT2D eigenvalue weighted by Gasteiger charge is -2.36. The molecule has 0 spiro atoms. The monoisotopic (exact) mass is 257 g/mol. The van der Waals surface area contributed by atoms with Crippen molar-refractivity contribution in [3.8, 4) is 0 Å². The molecule has 94 valence electrons. The molecule has 0 atom stereocenters. The number of aromatic nitrogens is 2. The number of carbonyl (C=O) groups excluding carboxylic acids is 1. The Labute approximate surface area is 105 Å². The highest BCUT2D eigenvalue weighted by atomic mass is 35.5. The van der Waals surface area contributed by atoms with Crippen LogP contribution in [0.15, 0.2) is 12.5 Å². The van der Waals surface area contributed by atoms with Crippen LogP contribution in [0, 0.1) is 0 Å². The minimum Gasteiger partial charge on any atom is -0.381 e. The van der Waals surface area contributed by atoms with Gasteiger partial charge in [-0.15, -0.1) is 11.6 Å². The zero-order valence-electron chi connectivity index (χ0n) is 9.78. The Balaban J connectivity index is 2.05. The van der Waals surface area contributed by atoms with E-state index in [-0.39, 0.29) is 11.4 Å². The van der Waals surface area contributed by atoms with E-state index >= 15 is 0 Å². The molecule has 0 unspecified atom stereocenters. The number of imidazole rings is 1. The number of nitrogens with zero attached hydrogens (tertiary/aromatic N) is 2. The van der Waals surface area contributed by atoms with Crippen molar-refractivity contribution >= 4 is 17.5 Å². The van der Waals surface area contributed by atoms with Gasteiger partial charge in [0.15, 0.2) is 0 Å². The van der Waals surface area contributed by atoms with Crippen molar-refractivity contribution in [1.82, 2.24) is 14.9 Å². The molecular weight excluding hydrogens is 242 g/mol. The summed E-state index contributed by atoms with van der Waals surface area (Å²) >= 11 is 5.98. The summed E-state index contributed by atoms with van der Waals surface area (Å²) in [5.41, 5.74) is 0.0671. The highest BCUT2D eigenvalue weighted by Gasteiger charge is 2.33. The van der Waals surface area contributed by atoms with Crippen molar-refractivity contribution < 1.29 is 9.53 Å². The molecule has 0 aliphatic carbocycles. The average Bonchev–Trinajstić information content (AvgIpc) is 2.77. The molecule has 0 saturated carbocycles. The molecule has 1 aromatic rings. The molecule has 1 amide bonds. The van der Waals surface area contributed by atoms with Crippen LogP contribution < -0.4 is 5.32 Å². The minimum atomic E-state index is -0.353. The lowest BCUT2D eigenvalue weighted by Crippen LogP contribution is -2.53. The van der Waals surface area contributed by atoms with Gasteiger partial charge in [-0.1, -0.05) is 0 Å². The van der Waals surface area contributed by atoms with Crippen LogP contribution in [0.25, 0.3) is 0 Å². The smallest absolute Gasteiger partial charge is 0.271 e. The average molecular weight is 258 g/mol. The number of ether oxygens (including phenoxy) is 1. The Hall–Kier alpha value is -1.07. The van der Waals surface area contributed by atoms with Crippen LogP contribution in [0.3, 0.4) is 0 Å². The Kier molecular flexibility index (Phi) is 3.69. The number of rotatable bonds is 3. The van der Waals surface area contributed by atoms with Crippen molar-refractivity contribution in [2.24, 2.45) is 7.05 Å². The summed E-state index contributed by atoms with van der Waals surface area (Å²) in [5.74, 6) is 0.225. The van der Waals surface area contributed by atoms with Crippen LogP contribution in [-0.2, 0) is 11.8 Å². The van der Waals surface area contributed by atoms with Gasteiger partial charge in [0.1, 0.15) is 5.69 Å². The zero-order valence-corrected chi connectivity index (χ0v) is 10.5. The van der Waals surface area contributed by atoms with Gasteiger partial charge in [-0.25, -0.2) is 4.98 Å². The summed E-state index contributed by atoms with van der Waals surface area (Å²) in [6.07, 6.45) is 4.78. The van der Waals surface area contributed by atoms with Gasteiger partial charge >= 0.3 is 0 Å². The molecular formula is C11H16ClN3O2. The third kappa shape index (κ3) is 2.79. The summed E-state index contributed by atoms with van der Waals surface area (Å²) in [7, 11) is 1.83. The molecule has 0 radical (unpaired) electrons. The fourth-order valence-electron chi connectivity index (χ4n) is 1.89. The first-order valence-electron chi connectivity index (χ1n) is 5.59. The maximum Gasteiger partial charge on any atom is 0.271 e. The Morgan fingerprint density at radius 3 is 2.88 bits per heavy atom. The van der Waals surface area contributed by atoms with Crippen LogP contribution in [0.4, 0.5) is 0 Å². The first-order chi connectivity index (χ1) is 8.15. The standard InChI is InChI=1S/C11H16ClN3O2/c1-15-6-9(13-8-15)10(16)14-11(7-12)2-4-17-5-3-11/h6,8H,2-5,7H2,1H3,(H,14,16). The number of carbonyl (C=O) groups is 1. The van der Waals surface area contributed by atoms with E-state index in [0.29, 0.717) is 24.8 Å². The van der Waals surface area contributed by atoms with E-state index < -0.39 is 0 Å². The van der Waals surface area contributed by atoms with Gasteiger partial charge < -0.3 is 14.6 Å². The summed E-state index contributed by atoms with van der Waals surface area (Å²) in [4.78, 5) is 16.0. The maximum absolute atomic E-state index is 12.0. The zero-order chi connectivity index (χ0) is 12.3. The third-order valence-corrected chi connectivity index (χ3v) is 3.53. The van der Waals surface area contributed by atoms with Gasteiger partial charge in [0.25, 0.3) is 5.91 Å². The van der Waals surface area contributed by atoms with E-state index in [1.165, 1.54) is 0 Å². The molecule has 17 heavy (non-hydrogen) atoms. The molecule has 1 aromatic heterocycles. The summed E-state index contributed by atoms with van der Waals surface area (Å²) in [6, 6.07) is 0. The van der Waals surface area contributed by atoms with Crippen LogP contribution in [0.5, 0.6) is 0 Å². The fraction of sp³-hybridized carbons (Fsp3) is 0.636. The Bertz CT molecular complexity index is 399. The van der Waals surface area contributed by atoms with Gasteiger partial charge in [0.05, 0.1) is 11.9 Å². The van der Waals surface area contributed by atoms with Crippen LogP contribution in [0.2, 0.25) is 0 Å². The van der Waals surface area contributed by atoms with E-state index in [1.807, 2.05) is 7.05 Å². The van der Waals surface area contributed by atoms with Gasteiger partial charge in [0.2, 0.25) is 0 Å². The number of aryl methyl sites for hydroxylation is 1. The first-order valence-corrected chi connectivity index (χ1v) is 6.13. The first kappa shape index (κ1) is 12.4. The predicted octanol–water partition coefficient (Wildman–Crippen LogP) is 0.938. The van der Waals surface area contributed by atoms with Gasteiger partial charge in [0, 0.05) is 32.3 Å². The molecule has 1 aliphatic heterocycles. The molecule has 6 heteroatoms. The highest BCUT2D eigenvalue weighted by molar-refractivity contribution is 6.18. The van der Waals surface area contributed by atoms with Crippen molar-refractivity contribution in [2.45, 2.75) is 18.4 Å². The molecule has 1 N–H and O–H groups in total. The summed E-state index contributed by atoms with van der Waals surface area (Å²) in [5, 5.41) is 2.98. The second-order valence-electron chi connectivity index (χ2n) is 4.40. The molecule has 2 rings (SSSR count). The summed E-state index contributed by atoms with van der Waals surface area (Å²) < 4.78 is 7.03. The number of alkyl halides is 1. The predicted molar refractivity (Wildman–Crippen MR) is 64.2 cm³/mol. The van der Waals surface area contributed by atoms with E-state index in [9.17, 15) is 4.79 Å². The fourth-order valence-corrected chi connectivity index (χ4v) is 2.22. The lowest BCUT2D eigenvalue weighted by atomic mass is 9.92. The van der Waals surface area contributed by atoms with Gasteiger partial charge in [-0.3, -0.25) is 4.79 Å². The van der Waals surface area contributed by atoms with Crippen LogP contribution >= 0.6 is 11.6 Å². The Morgan fingerprint density at radius 2 is 2.35 bits per heavy atom. The Morgan fingerprint density at radius 1 is 1.65 bits per heavy atom. The maximum atomic E-state index is 12.0. The number of nitrogens with one attached hydrogen (secondary N) is 1. The summed E-state index contributed by atoms with van der Waals surface area (Å²) in [6.45, 7) is 1.27. The number of amides is 1. The lowest BCUT2D eigenvalue weighted by molar-refractivity contribution is 0.0432. The van der Waals surface area contributed by atoms with Crippen molar-refractivity contribution in [1.29, 1.82) is 0 Å². The second kappa shape index (κ2) is 5.06. The highest BCUT2D eigenvalue weighted by Crippen LogP contribution is 2.22. The molecule has 1 saturated heterocycles. The molecule has 5 nitrogen and oxygen atoms in total. The van der Waals surface area contributed by atoms with E-state index in [0.717, 1.165) is 12.8 Å². The third-order valence-electron chi connectivity index (χ3n) is 3.02. The SMILES string of the molecule is Cn1cnc(C(=O)NC2(CCl)CCOCC2)c1. The van der Waals surface area contributed by atoms with Crippen molar-refractivity contribution in [2.75, 3.05) is 19.1 Å². The minimum absolute atomic E-state index is 0.173. The van der Waals surface area contributed by atoms with E-state index in [2.05, 4.69) is 10.3 Å². The quantitative estimate of drug-likeness (QED) is 0.820. The van der Waals surface area contributed by atoms with Gasteiger partial charge in [-0.05, 0) is 12.8 Å². The number of hydrogen-bond donors (Lipinski definition) is 1. The molecule has 1 aliphatic rings. The van der Waals surface area contributed by atoms with E-state index in [4.69, 9.17) is 16.3 Å².